The van der Waals surface area contributed by atoms with Crippen molar-refractivity contribution < 1.29 is 13.2 Å². The first kappa shape index (κ1) is 19.4. The van der Waals surface area contributed by atoms with Gasteiger partial charge in [0.05, 0.1) is 10.6 Å². The molecule has 0 saturated carbocycles. The molecule has 144 valence electrons. The number of likely N-dealkylation sites (N-methyl/N-ethyl adjacent to an activating group) is 1. The fourth-order valence-electron chi connectivity index (χ4n) is 3.30. The Balaban J connectivity index is 1.85. The van der Waals surface area contributed by atoms with E-state index < -0.39 is 10.0 Å². The second-order valence-corrected chi connectivity index (χ2v) is 8.68. The number of anilines is 1. The minimum absolute atomic E-state index is 0.113. The van der Waals surface area contributed by atoms with E-state index in [0.29, 0.717) is 24.3 Å². The first-order valence-electron chi connectivity index (χ1n) is 9.04. The number of nitrogens with zero attached hydrogens (tertiary/aromatic N) is 2. The number of piperidine rings is 1. The van der Waals surface area contributed by atoms with Gasteiger partial charge in [0, 0.05) is 31.7 Å². The number of likely N-dealkylation sites (tertiary alicyclic amines) is 1. The van der Waals surface area contributed by atoms with E-state index in [1.165, 1.54) is 23.5 Å². The number of para-hydroxylation sites is 1. The van der Waals surface area contributed by atoms with Crippen molar-refractivity contribution >= 4 is 21.6 Å². The van der Waals surface area contributed by atoms with Crippen LogP contribution in [0.5, 0.6) is 0 Å². The summed E-state index contributed by atoms with van der Waals surface area (Å²) < 4.78 is 27.2. The van der Waals surface area contributed by atoms with Gasteiger partial charge in [-0.05, 0) is 50.2 Å². The molecule has 1 aliphatic heterocycles. The fraction of sp³-hybridized carbons (Fsp3) is 0.350. The van der Waals surface area contributed by atoms with Gasteiger partial charge in [0.15, 0.2) is 0 Å². The van der Waals surface area contributed by atoms with Crippen molar-refractivity contribution in [3.05, 3.63) is 60.2 Å². The number of amides is 1. The number of nitrogens with one attached hydrogen (secondary N) is 1. The van der Waals surface area contributed by atoms with Crippen LogP contribution in [0, 0.1) is 0 Å². The van der Waals surface area contributed by atoms with Gasteiger partial charge in [-0.1, -0.05) is 24.3 Å². The molecule has 0 spiro atoms. The van der Waals surface area contributed by atoms with Crippen molar-refractivity contribution in [2.75, 3.05) is 31.5 Å². The van der Waals surface area contributed by atoms with E-state index in [0.717, 1.165) is 12.8 Å². The summed E-state index contributed by atoms with van der Waals surface area (Å²) in [6.45, 7) is 1.33. The van der Waals surface area contributed by atoms with Gasteiger partial charge in [-0.2, -0.15) is 0 Å². The predicted octanol–water partition coefficient (Wildman–Crippen LogP) is 2.34. The predicted molar refractivity (Wildman–Crippen MR) is 106 cm³/mol. The third-order valence-electron chi connectivity index (χ3n) is 4.98. The summed E-state index contributed by atoms with van der Waals surface area (Å²) in [6.07, 6.45) is 1.97. The third kappa shape index (κ3) is 4.14. The second-order valence-electron chi connectivity index (χ2n) is 6.71. The molecule has 7 heteroatoms. The van der Waals surface area contributed by atoms with Crippen molar-refractivity contribution in [3.63, 3.8) is 0 Å². The van der Waals surface area contributed by atoms with Crippen molar-refractivity contribution in [1.29, 1.82) is 0 Å². The molecule has 2 aromatic carbocycles. The smallest absolute Gasteiger partial charge is 0.264 e. The number of hydrogen-bond donors (Lipinski definition) is 1. The number of carbonyl (C=O) groups excluding carboxylic acids is 1. The highest BCUT2D eigenvalue weighted by Crippen LogP contribution is 2.23. The third-order valence-corrected chi connectivity index (χ3v) is 6.76. The van der Waals surface area contributed by atoms with E-state index in [1.54, 1.807) is 41.3 Å². The number of carbonyl (C=O) groups is 1. The largest absolute Gasteiger partial charge is 0.337 e. The zero-order valence-corrected chi connectivity index (χ0v) is 16.4. The molecule has 1 atom stereocenters. The molecule has 1 aliphatic rings. The van der Waals surface area contributed by atoms with Crippen molar-refractivity contribution in [1.82, 2.24) is 10.2 Å². The first-order valence-corrected chi connectivity index (χ1v) is 10.5. The standard InChI is InChI=1S/C20H25N3O3S/c1-21-17-9-7-13-23(15-17)20(24)16-8-6-12-19(14-16)27(25,26)22(2)18-10-4-3-5-11-18/h3-6,8,10-12,14,17,21H,7,9,13,15H2,1-2H3. The van der Waals surface area contributed by atoms with Crippen LogP contribution in [-0.2, 0) is 10.0 Å². The lowest BCUT2D eigenvalue weighted by Crippen LogP contribution is -2.47. The second kappa shape index (κ2) is 8.10. The summed E-state index contributed by atoms with van der Waals surface area (Å²) >= 11 is 0. The topological polar surface area (TPSA) is 69.7 Å². The Bertz CT molecular complexity index is 900. The molecular formula is C20H25N3O3S. The van der Waals surface area contributed by atoms with Crippen LogP contribution in [0.25, 0.3) is 0 Å². The number of sulfonamides is 1. The minimum atomic E-state index is -3.74. The molecular weight excluding hydrogens is 362 g/mol. The van der Waals surface area contributed by atoms with Crippen LogP contribution in [0.2, 0.25) is 0 Å². The van der Waals surface area contributed by atoms with Crippen LogP contribution in [-0.4, -0.2) is 52.5 Å². The monoisotopic (exact) mass is 387 g/mol. The van der Waals surface area contributed by atoms with E-state index in [9.17, 15) is 13.2 Å². The lowest BCUT2D eigenvalue weighted by molar-refractivity contribution is 0.0698. The molecule has 0 aliphatic carbocycles. The minimum Gasteiger partial charge on any atom is -0.337 e. The number of benzene rings is 2. The average molecular weight is 388 g/mol. The number of rotatable bonds is 5. The molecule has 1 saturated heterocycles. The molecule has 1 amide bonds. The molecule has 2 aromatic rings. The van der Waals surface area contributed by atoms with Crippen LogP contribution in [0.3, 0.4) is 0 Å². The van der Waals surface area contributed by atoms with Crippen LogP contribution in [0.15, 0.2) is 59.5 Å². The van der Waals surface area contributed by atoms with Crippen LogP contribution >= 0.6 is 0 Å². The van der Waals surface area contributed by atoms with Gasteiger partial charge in [0.2, 0.25) is 0 Å². The molecule has 0 bridgehead atoms. The normalized spacial score (nSPS) is 17.6. The summed E-state index contributed by atoms with van der Waals surface area (Å²) in [5, 5.41) is 3.21. The Kier molecular flexibility index (Phi) is 5.82. The van der Waals surface area contributed by atoms with E-state index in [2.05, 4.69) is 5.32 Å². The Morgan fingerprint density at radius 3 is 2.59 bits per heavy atom. The lowest BCUT2D eigenvalue weighted by atomic mass is 10.0. The Morgan fingerprint density at radius 1 is 1.15 bits per heavy atom. The summed E-state index contributed by atoms with van der Waals surface area (Å²) in [7, 11) is -0.335. The maximum Gasteiger partial charge on any atom is 0.264 e. The van der Waals surface area contributed by atoms with Crippen LogP contribution < -0.4 is 9.62 Å². The lowest BCUT2D eigenvalue weighted by Gasteiger charge is -2.32. The molecule has 6 nitrogen and oxygen atoms in total. The maximum absolute atomic E-state index is 13.0. The highest BCUT2D eigenvalue weighted by molar-refractivity contribution is 7.92. The van der Waals surface area contributed by atoms with Gasteiger partial charge in [-0.3, -0.25) is 9.10 Å². The fourth-order valence-corrected chi connectivity index (χ4v) is 4.55. The van der Waals surface area contributed by atoms with Crippen molar-refractivity contribution in [3.8, 4) is 0 Å². The summed E-state index contributed by atoms with van der Waals surface area (Å²) in [6, 6.07) is 15.4. The SMILES string of the molecule is CNC1CCCN(C(=O)c2cccc(S(=O)(=O)N(C)c3ccccc3)c2)C1. The summed E-state index contributed by atoms with van der Waals surface area (Å²) in [5.41, 5.74) is 0.969. The van der Waals surface area contributed by atoms with E-state index in [1.807, 2.05) is 13.1 Å². The van der Waals surface area contributed by atoms with E-state index in [-0.39, 0.29) is 16.8 Å². The zero-order chi connectivity index (χ0) is 19.4. The van der Waals surface area contributed by atoms with Crippen molar-refractivity contribution in [2.45, 2.75) is 23.8 Å². The van der Waals surface area contributed by atoms with E-state index >= 15 is 0 Å². The van der Waals surface area contributed by atoms with Crippen LogP contribution in [0.1, 0.15) is 23.2 Å². The van der Waals surface area contributed by atoms with Gasteiger partial charge in [-0.25, -0.2) is 8.42 Å². The van der Waals surface area contributed by atoms with Gasteiger partial charge in [-0.15, -0.1) is 0 Å². The Hall–Kier alpha value is -2.38. The maximum atomic E-state index is 13.0. The number of hydrogen-bond acceptors (Lipinski definition) is 4. The first-order chi connectivity index (χ1) is 12.9. The molecule has 3 rings (SSSR count). The zero-order valence-electron chi connectivity index (χ0n) is 15.6. The quantitative estimate of drug-likeness (QED) is 0.855. The molecule has 1 heterocycles. The average Bonchev–Trinajstić information content (AvgIpc) is 2.73. The molecule has 0 aromatic heterocycles. The van der Waals surface area contributed by atoms with Gasteiger partial charge in [0.1, 0.15) is 0 Å². The van der Waals surface area contributed by atoms with Crippen LogP contribution in [0.4, 0.5) is 5.69 Å². The van der Waals surface area contributed by atoms with Gasteiger partial charge in [0.25, 0.3) is 15.9 Å². The Labute approximate surface area is 160 Å². The molecule has 0 radical (unpaired) electrons. The highest BCUT2D eigenvalue weighted by atomic mass is 32.2. The van der Waals surface area contributed by atoms with E-state index in [4.69, 9.17) is 0 Å². The summed E-state index contributed by atoms with van der Waals surface area (Å²) in [5.74, 6) is -0.130. The summed E-state index contributed by atoms with van der Waals surface area (Å²) in [4.78, 5) is 14.8. The molecule has 1 fully saturated rings. The molecule has 27 heavy (non-hydrogen) atoms. The van der Waals surface area contributed by atoms with Gasteiger partial charge >= 0.3 is 0 Å². The van der Waals surface area contributed by atoms with Crippen molar-refractivity contribution in [2.24, 2.45) is 0 Å². The molecule has 1 N–H and O–H groups in total. The highest BCUT2D eigenvalue weighted by Gasteiger charge is 2.26. The molecule has 1 unspecified atom stereocenters. The van der Waals surface area contributed by atoms with Gasteiger partial charge < -0.3 is 10.2 Å². The Morgan fingerprint density at radius 2 is 1.89 bits per heavy atom.